The summed E-state index contributed by atoms with van der Waals surface area (Å²) >= 11 is 6.31. The highest BCUT2D eigenvalue weighted by Gasteiger charge is 2.26. The standard InChI is InChI=1S/C16H24ClFN2/c1-3-4-5-14(20-10-8-19-9-11-20)15-13(17)7-6-12(2)16(15)18/h6-7,14,19H,3-5,8-11H2,1-2H3/t14-/m1/s1. The number of nitrogens with zero attached hydrogens (tertiary/aromatic N) is 1. The smallest absolute Gasteiger partial charge is 0.132 e. The van der Waals surface area contributed by atoms with Crippen LogP contribution in [0.3, 0.4) is 0 Å². The number of unbranched alkanes of at least 4 members (excludes halogenated alkanes) is 1. The Hall–Kier alpha value is -0.640. The fourth-order valence-electron chi connectivity index (χ4n) is 2.88. The fraction of sp³-hybridized carbons (Fsp3) is 0.625. The molecule has 1 aromatic rings. The summed E-state index contributed by atoms with van der Waals surface area (Å²) in [5, 5.41) is 3.91. The van der Waals surface area contributed by atoms with Crippen LogP contribution < -0.4 is 5.32 Å². The van der Waals surface area contributed by atoms with Gasteiger partial charge in [-0.15, -0.1) is 0 Å². The van der Waals surface area contributed by atoms with E-state index in [0.717, 1.165) is 45.4 Å². The van der Waals surface area contributed by atoms with Crippen LogP contribution in [0.2, 0.25) is 5.02 Å². The Morgan fingerprint density at radius 2 is 2.05 bits per heavy atom. The molecular weight excluding hydrogens is 275 g/mol. The SMILES string of the molecule is CCCC[C@H](c1c(Cl)ccc(C)c1F)N1CCNCC1. The van der Waals surface area contributed by atoms with Crippen molar-refractivity contribution in [3.63, 3.8) is 0 Å². The molecule has 0 aromatic heterocycles. The van der Waals surface area contributed by atoms with Gasteiger partial charge in [0.2, 0.25) is 0 Å². The van der Waals surface area contributed by atoms with E-state index in [9.17, 15) is 4.39 Å². The van der Waals surface area contributed by atoms with Gasteiger partial charge in [-0.2, -0.15) is 0 Å². The first-order valence-corrected chi connectivity index (χ1v) is 7.92. The summed E-state index contributed by atoms with van der Waals surface area (Å²) in [5.41, 5.74) is 1.38. The second-order valence-corrected chi connectivity index (χ2v) is 5.94. The summed E-state index contributed by atoms with van der Waals surface area (Å²) < 4.78 is 14.6. The molecule has 0 aliphatic carbocycles. The maximum absolute atomic E-state index is 14.6. The Morgan fingerprint density at radius 1 is 1.35 bits per heavy atom. The number of hydrogen-bond acceptors (Lipinski definition) is 2. The van der Waals surface area contributed by atoms with Crippen LogP contribution in [0.1, 0.15) is 43.4 Å². The minimum atomic E-state index is -0.128. The van der Waals surface area contributed by atoms with E-state index in [0.29, 0.717) is 16.1 Å². The van der Waals surface area contributed by atoms with Crippen molar-refractivity contribution in [3.8, 4) is 0 Å². The Morgan fingerprint density at radius 3 is 2.70 bits per heavy atom. The third-order valence-corrected chi connectivity index (χ3v) is 4.41. The molecule has 0 amide bonds. The van der Waals surface area contributed by atoms with Gasteiger partial charge in [-0.25, -0.2) is 4.39 Å². The predicted octanol–water partition coefficient (Wildman–Crippen LogP) is 3.92. The van der Waals surface area contributed by atoms with Gasteiger partial charge in [0.25, 0.3) is 0 Å². The molecule has 2 rings (SSSR count). The summed E-state index contributed by atoms with van der Waals surface area (Å²) in [7, 11) is 0. The van der Waals surface area contributed by atoms with Gasteiger partial charge in [-0.3, -0.25) is 4.90 Å². The quantitative estimate of drug-likeness (QED) is 0.886. The number of piperazine rings is 1. The normalized spacial score (nSPS) is 18.2. The van der Waals surface area contributed by atoms with E-state index in [4.69, 9.17) is 11.6 Å². The first-order valence-electron chi connectivity index (χ1n) is 7.54. The molecule has 1 aliphatic rings. The summed E-state index contributed by atoms with van der Waals surface area (Å²) in [6.45, 7) is 7.82. The zero-order chi connectivity index (χ0) is 14.5. The number of rotatable bonds is 5. The van der Waals surface area contributed by atoms with Crippen molar-refractivity contribution in [2.75, 3.05) is 26.2 Å². The molecule has 0 spiro atoms. The number of aryl methyl sites for hydroxylation is 1. The molecule has 1 atom stereocenters. The second-order valence-electron chi connectivity index (χ2n) is 5.54. The molecule has 1 aliphatic heterocycles. The van der Waals surface area contributed by atoms with Crippen molar-refractivity contribution in [3.05, 3.63) is 34.1 Å². The van der Waals surface area contributed by atoms with Gasteiger partial charge in [0, 0.05) is 42.8 Å². The number of benzene rings is 1. The van der Waals surface area contributed by atoms with Crippen LogP contribution in [0, 0.1) is 12.7 Å². The lowest BCUT2D eigenvalue weighted by atomic mass is 9.96. The molecule has 112 valence electrons. The number of hydrogen-bond donors (Lipinski definition) is 1. The average Bonchev–Trinajstić information content (AvgIpc) is 2.47. The van der Waals surface area contributed by atoms with Crippen molar-refractivity contribution < 1.29 is 4.39 Å². The highest BCUT2D eigenvalue weighted by atomic mass is 35.5. The van der Waals surface area contributed by atoms with E-state index >= 15 is 0 Å². The molecule has 0 saturated carbocycles. The third-order valence-electron chi connectivity index (χ3n) is 4.08. The van der Waals surface area contributed by atoms with Gasteiger partial charge in [0.1, 0.15) is 5.82 Å². The minimum Gasteiger partial charge on any atom is -0.314 e. The molecule has 0 radical (unpaired) electrons. The van der Waals surface area contributed by atoms with Crippen molar-refractivity contribution in [2.24, 2.45) is 0 Å². The largest absolute Gasteiger partial charge is 0.314 e. The van der Waals surface area contributed by atoms with E-state index in [2.05, 4.69) is 17.1 Å². The van der Waals surface area contributed by atoms with Crippen LogP contribution in [0.15, 0.2) is 12.1 Å². The number of halogens is 2. The van der Waals surface area contributed by atoms with E-state index in [1.54, 1.807) is 6.07 Å². The number of nitrogens with one attached hydrogen (secondary N) is 1. The summed E-state index contributed by atoms with van der Waals surface area (Å²) in [6, 6.07) is 3.69. The molecule has 1 saturated heterocycles. The van der Waals surface area contributed by atoms with Gasteiger partial charge in [0.15, 0.2) is 0 Å². The Bertz CT molecular complexity index is 444. The van der Waals surface area contributed by atoms with Crippen molar-refractivity contribution in [1.29, 1.82) is 0 Å². The van der Waals surface area contributed by atoms with Crippen molar-refractivity contribution in [1.82, 2.24) is 10.2 Å². The van der Waals surface area contributed by atoms with Crippen molar-refractivity contribution in [2.45, 2.75) is 39.2 Å². The van der Waals surface area contributed by atoms with Crippen LogP contribution >= 0.6 is 11.6 Å². The molecule has 4 heteroatoms. The van der Waals surface area contributed by atoms with E-state index < -0.39 is 0 Å². The van der Waals surface area contributed by atoms with Gasteiger partial charge in [0.05, 0.1) is 0 Å². The zero-order valence-corrected chi connectivity index (χ0v) is 13.1. The van der Waals surface area contributed by atoms with E-state index in [1.807, 2.05) is 13.0 Å². The Labute approximate surface area is 126 Å². The van der Waals surface area contributed by atoms with E-state index in [-0.39, 0.29) is 11.9 Å². The molecule has 1 heterocycles. The highest BCUT2D eigenvalue weighted by Crippen LogP contribution is 2.35. The molecule has 0 unspecified atom stereocenters. The minimum absolute atomic E-state index is 0.101. The second kappa shape index (κ2) is 7.39. The van der Waals surface area contributed by atoms with Gasteiger partial charge < -0.3 is 5.32 Å². The highest BCUT2D eigenvalue weighted by molar-refractivity contribution is 6.31. The first kappa shape index (κ1) is 15.7. The first-order chi connectivity index (χ1) is 9.65. The van der Waals surface area contributed by atoms with E-state index in [1.165, 1.54) is 0 Å². The molecule has 1 fully saturated rings. The molecule has 1 aromatic carbocycles. The Balaban J connectivity index is 2.32. The Kier molecular flexibility index (Phi) is 5.82. The molecular formula is C16H24ClFN2. The van der Waals surface area contributed by atoms with Crippen LogP contribution in [0.4, 0.5) is 4.39 Å². The monoisotopic (exact) mass is 298 g/mol. The lowest BCUT2D eigenvalue weighted by molar-refractivity contribution is 0.160. The maximum atomic E-state index is 14.6. The fourth-order valence-corrected chi connectivity index (χ4v) is 3.16. The lowest BCUT2D eigenvalue weighted by Crippen LogP contribution is -2.45. The molecule has 20 heavy (non-hydrogen) atoms. The van der Waals surface area contributed by atoms with Gasteiger partial charge >= 0.3 is 0 Å². The van der Waals surface area contributed by atoms with Crippen LogP contribution in [0.5, 0.6) is 0 Å². The van der Waals surface area contributed by atoms with Gasteiger partial charge in [-0.1, -0.05) is 37.4 Å². The topological polar surface area (TPSA) is 15.3 Å². The van der Waals surface area contributed by atoms with Crippen molar-refractivity contribution >= 4 is 11.6 Å². The summed E-state index contributed by atoms with van der Waals surface area (Å²) in [6.07, 6.45) is 3.18. The maximum Gasteiger partial charge on any atom is 0.132 e. The van der Waals surface area contributed by atoms with Crippen LogP contribution in [0.25, 0.3) is 0 Å². The molecule has 2 nitrogen and oxygen atoms in total. The summed E-state index contributed by atoms with van der Waals surface area (Å²) in [5.74, 6) is -0.128. The zero-order valence-electron chi connectivity index (χ0n) is 12.4. The summed E-state index contributed by atoms with van der Waals surface area (Å²) in [4.78, 5) is 2.37. The lowest BCUT2D eigenvalue weighted by Gasteiger charge is -2.36. The molecule has 1 N–H and O–H groups in total. The molecule has 0 bridgehead atoms. The van der Waals surface area contributed by atoms with Crippen LogP contribution in [-0.2, 0) is 0 Å². The predicted molar refractivity (Wildman–Crippen MR) is 82.9 cm³/mol. The average molecular weight is 299 g/mol. The van der Waals surface area contributed by atoms with Crippen LogP contribution in [-0.4, -0.2) is 31.1 Å². The van der Waals surface area contributed by atoms with Gasteiger partial charge in [-0.05, 0) is 25.0 Å². The third kappa shape index (κ3) is 3.51.